The lowest BCUT2D eigenvalue weighted by atomic mass is 10.2. The summed E-state index contributed by atoms with van der Waals surface area (Å²) >= 11 is 1.60. The van der Waals surface area contributed by atoms with Gasteiger partial charge in [0.25, 0.3) is 0 Å². The summed E-state index contributed by atoms with van der Waals surface area (Å²) in [6, 6.07) is 7.83. The second-order valence-electron chi connectivity index (χ2n) is 4.32. The highest BCUT2D eigenvalue weighted by Gasteiger charge is 2.02. The number of rotatable bonds is 7. The summed E-state index contributed by atoms with van der Waals surface area (Å²) in [4.78, 5) is 19.7. The third-order valence-electron chi connectivity index (χ3n) is 2.68. The molecule has 5 heteroatoms. The first kappa shape index (κ1) is 14.5. The van der Waals surface area contributed by atoms with E-state index >= 15 is 0 Å². The topological polar surface area (TPSA) is 54.9 Å². The van der Waals surface area contributed by atoms with Crippen molar-refractivity contribution in [1.82, 2.24) is 15.3 Å². The van der Waals surface area contributed by atoms with Gasteiger partial charge in [-0.05, 0) is 29.7 Å². The minimum absolute atomic E-state index is 0.0720. The van der Waals surface area contributed by atoms with Gasteiger partial charge in [0.05, 0.1) is 5.75 Å². The maximum absolute atomic E-state index is 11.7. The summed E-state index contributed by atoms with van der Waals surface area (Å²) in [7, 11) is 0. The van der Waals surface area contributed by atoms with Crippen molar-refractivity contribution in [3.8, 4) is 0 Å². The molecule has 1 amide bonds. The molecule has 2 rings (SSSR count). The molecule has 0 spiro atoms. The molecule has 2 aromatic heterocycles. The first-order chi connectivity index (χ1) is 9.84. The lowest BCUT2D eigenvalue weighted by Crippen LogP contribution is -2.27. The van der Waals surface area contributed by atoms with Crippen molar-refractivity contribution in [3.63, 3.8) is 0 Å². The fourth-order valence-corrected chi connectivity index (χ4v) is 2.48. The number of nitrogens with one attached hydrogen (secondary N) is 1. The molecule has 0 aromatic carbocycles. The molecule has 0 aliphatic heterocycles. The molecule has 0 bridgehead atoms. The van der Waals surface area contributed by atoms with Gasteiger partial charge in [0.2, 0.25) is 5.91 Å². The van der Waals surface area contributed by atoms with Gasteiger partial charge >= 0.3 is 0 Å². The van der Waals surface area contributed by atoms with Gasteiger partial charge in [-0.3, -0.25) is 14.8 Å². The summed E-state index contributed by atoms with van der Waals surface area (Å²) in [6.07, 6.45) is 7.96. The second kappa shape index (κ2) is 8.32. The Morgan fingerprint density at radius 2 is 1.80 bits per heavy atom. The zero-order chi connectivity index (χ0) is 14.0. The highest BCUT2D eigenvalue weighted by molar-refractivity contribution is 7.99. The van der Waals surface area contributed by atoms with Crippen LogP contribution in [-0.4, -0.2) is 28.2 Å². The van der Waals surface area contributed by atoms with Crippen LogP contribution in [0.5, 0.6) is 0 Å². The van der Waals surface area contributed by atoms with Gasteiger partial charge in [0, 0.05) is 37.1 Å². The Morgan fingerprint density at radius 3 is 2.45 bits per heavy atom. The number of pyridine rings is 2. The van der Waals surface area contributed by atoms with E-state index in [4.69, 9.17) is 0 Å². The van der Waals surface area contributed by atoms with Crippen LogP contribution in [0.2, 0.25) is 0 Å². The van der Waals surface area contributed by atoms with Crippen LogP contribution in [0.4, 0.5) is 0 Å². The van der Waals surface area contributed by atoms with Gasteiger partial charge in [-0.1, -0.05) is 12.1 Å². The van der Waals surface area contributed by atoms with Crippen LogP contribution < -0.4 is 5.32 Å². The van der Waals surface area contributed by atoms with Crippen molar-refractivity contribution >= 4 is 17.7 Å². The molecule has 0 aliphatic rings. The molecule has 0 radical (unpaired) electrons. The lowest BCUT2D eigenvalue weighted by Gasteiger charge is -2.05. The molecule has 0 saturated carbocycles. The van der Waals surface area contributed by atoms with Crippen molar-refractivity contribution in [2.45, 2.75) is 12.2 Å². The van der Waals surface area contributed by atoms with Crippen molar-refractivity contribution in [1.29, 1.82) is 0 Å². The number of thioether (sulfide) groups is 1. The number of carbonyl (C=O) groups excluding carboxylic acids is 1. The van der Waals surface area contributed by atoms with Gasteiger partial charge in [0.15, 0.2) is 0 Å². The molecular formula is C15H17N3OS. The monoisotopic (exact) mass is 287 g/mol. The van der Waals surface area contributed by atoms with Crippen molar-refractivity contribution in [3.05, 3.63) is 60.2 Å². The predicted molar refractivity (Wildman–Crippen MR) is 81.3 cm³/mol. The fraction of sp³-hybridized carbons (Fsp3) is 0.267. The van der Waals surface area contributed by atoms with Crippen LogP contribution in [0.1, 0.15) is 11.1 Å². The van der Waals surface area contributed by atoms with Crippen LogP contribution in [0, 0.1) is 0 Å². The smallest absolute Gasteiger partial charge is 0.230 e. The molecule has 1 N–H and O–H groups in total. The molecule has 0 unspecified atom stereocenters. The maximum Gasteiger partial charge on any atom is 0.230 e. The molecule has 20 heavy (non-hydrogen) atoms. The van der Waals surface area contributed by atoms with Gasteiger partial charge in [0.1, 0.15) is 0 Å². The molecule has 4 nitrogen and oxygen atoms in total. The maximum atomic E-state index is 11.7. The minimum Gasteiger partial charge on any atom is -0.355 e. The quantitative estimate of drug-likeness (QED) is 0.847. The van der Waals surface area contributed by atoms with E-state index in [1.165, 1.54) is 0 Å². The van der Waals surface area contributed by atoms with E-state index in [0.717, 1.165) is 23.3 Å². The van der Waals surface area contributed by atoms with E-state index in [1.54, 1.807) is 24.2 Å². The number of amides is 1. The van der Waals surface area contributed by atoms with Crippen LogP contribution in [0.3, 0.4) is 0 Å². The third-order valence-corrected chi connectivity index (χ3v) is 3.69. The van der Waals surface area contributed by atoms with Crippen LogP contribution in [0.25, 0.3) is 0 Å². The van der Waals surface area contributed by atoms with Gasteiger partial charge < -0.3 is 5.32 Å². The zero-order valence-corrected chi connectivity index (χ0v) is 12.0. The van der Waals surface area contributed by atoms with E-state index in [9.17, 15) is 4.79 Å². The average Bonchev–Trinajstić information content (AvgIpc) is 2.49. The van der Waals surface area contributed by atoms with Crippen molar-refractivity contribution in [2.75, 3.05) is 12.3 Å². The minimum atomic E-state index is 0.0720. The fourth-order valence-electron chi connectivity index (χ4n) is 1.69. The second-order valence-corrected chi connectivity index (χ2v) is 5.30. The summed E-state index contributed by atoms with van der Waals surface area (Å²) in [5.74, 6) is 1.36. The first-order valence-corrected chi connectivity index (χ1v) is 7.62. The molecule has 0 aliphatic carbocycles. The molecular weight excluding hydrogens is 270 g/mol. The Bertz CT molecular complexity index is 472. The Hall–Kier alpha value is -1.88. The molecule has 0 saturated heterocycles. The van der Waals surface area contributed by atoms with E-state index in [0.29, 0.717) is 12.3 Å². The highest BCUT2D eigenvalue weighted by atomic mass is 32.2. The normalized spacial score (nSPS) is 10.2. The number of hydrogen-bond donors (Lipinski definition) is 1. The van der Waals surface area contributed by atoms with Crippen LogP contribution in [0.15, 0.2) is 49.1 Å². The molecule has 0 fully saturated rings. The Morgan fingerprint density at radius 1 is 1.10 bits per heavy atom. The van der Waals surface area contributed by atoms with E-state index in [1.807, 2.05) is 36.7 Å². The average molecular weight is 287 g/mol. The van der Waals surface area contributed by atoms with E-state index in [2.05, 4.69) is 15.3 Å². The van der Waals surface area contributed by atoms with E-state index < -0.39 is 0 Å². The lowest BCUT2D eigenvalue weighted by molar-refractivity contribution is -0.118. The third kappa shape index (κ3) is 5.40. The van der Waals surface area contributed by atoms with Crippen LogP contribution >= 0.6 is 11.8 Å². The largest absolute Gasteiger partial charge is 0.355 e. The van der Waals surface area contributed by atoms with Gasteiger partial charge in [-0.25, -0.2) is 0 Å². The molecule has 2 heterocycles. The molecule has 104 valence electrons. The number of hydrogen-bond acceptors (Lipinski definition) is 4. The van der Waals surface area contributed by atoms with Crippen molar-refractivity contribution in [2.24, 2.45) is 0 Å². The predicted octanol–water partition coefficient (Wildman–Crippen LogP) is 2.07. The highest BCUT2D eigenvalue weighted by Crippen LogP contribution is 2.09. The SMILES string of the molecule is O=C(CSCc1cccnc1)NCCc1cccnc1. The van der Waals surface area contributed by atoms with Gasteiger partial charge in [-0.2, -0.15) is 0 Å². The Labute approximate surface area is 123 Å². The van der Waals surface area contributed by atoms with Gasteiger partial charge in [-0.15, -0.1) is 11.8 Å². The Kier molecular flexibility index (Phi) is 6.05. The molecule has 0 atom stereocenters. The zero-order valence-electron chi connectivity index (χ0n) is 11.2. The summed E-state index contributed by atoms with van der Waals surface area (Å²) in [5, 5.41) is 2.91. The standard InChI is InChI=1S/C15H17N3OS/c19-15(12-20-11-14-4-2-7-17-10-14)18-8-5-13-3-1-6-16-9-13/h1-4,6-7,9-10H,5,8,11-12H2,(H,18,19). The summed E-state index contributed by atoms with van der Waals surface area (Å²) in [6.45, 7) is 0.651. The molecule has 2 aromatic rings. The first-order valence-electron chi connectivity index (χ1n) is 6.47. The number of aromatic nitrogens is 2. The Balaban J connectivity index is 1.59. The summed E-state index contributed by atoms with van der Waals surface area (Å²) in [5.41, 5.74) is 2.27. The summed E-state index contributed by atoms with van der Waals surface area (Å²) < 4.78 is 0. The van der Waals surface area contributed by atoms with Crippen molar-refractivity contribution < 1.29 is 4.79 Å². The number of carbonyl (C=O) groups is 1. The van der Waals surface area contributed by atoms with E-state index in [-0.39, 0.29) is 5.91 Å². The van der Waals surface area contributed by atoms with Crippen LogP contribution in [-0.2, 0) is 17.0 Å². The number of nitrogens with zero attached hydrogens (tertiary/aromatic N) is 2.